The minimum absolute atomic E-state index is 0.130. The third-order valence-corrected chi connectivity index (χ3v) is 5.18. The highest BCUT2D eigenvalue weighted by molar-refractivity contribution is 6.06. The van der Waals surface area contributed by atoms with Crippen molar-refractivity contribution in [2.24, 2.45) is 0 Å². The van der Waals surface area contributed by atoms with Gasteiger partial charge in [-0.1, -0.05) is 19.3 Å². The van der Waals surface area contributed by atoms with Gasteiger partial charge in [-0.25, -0.2) is 0 Å². The van der Waals surface area contributed by atoms with Crippen molar-refractivity contribution in [2.75, 3.05) is 18.2 Å². The Morgan fingerprint density at radius 1 is 1.20 bits per heavy atom. The van der Waals surface area contributed by atoms with Crippen molar-refractivity contribution in [2.45, 2.75) is 52.0 Å². The standard InChI is InChI=1S/C20H27N3O2/c1-13-11-17(14(2)23(13)15-7-5-4-6-8-15)20(24)22-19-12-16(25-3)9-10-18(19)21/h9-12,15H,4-8,21H2,1-3H3,(H,22,24). The summed E-state index contributed by atoms with van der Waals surface area (Å²) in [5, 5.41) is 2.93. The van der Waals surface area contributed by atoms with Gasteiger partial charge in [-0.15, -0.1) is 0 Å². The normalized spacial score (nSPS) is 15.2. The summed E-state index contributed by atoms with van der Waals surface area (Å²) in [5.41, 5.74) is 9.97. The van der Waals surface area contributed by atoms with Gasteiger partial charge in [-0.3, -0.25) is 4.79 Å². The van der Waals surface area contributed by atoms with E-state index in [4.69, 9.17) is 10.5 Å². The number of nitrogens with zero attached hydrogens (tertiary/aromatic N) is 1. The van der Waals surface area contributed by atoms with E-state index in [1.807, 2.05) is 13.0 Å². The molecule has 25 heavy (non-hydrogen) atoms. The number of nitrogens with two attached hydrogens (primary N) is 1. The summed E-state index contributed by atoms with van der Waals surface area (Å²) in [6.45, 7) is 4.11. The van der Waals surface area contributed by atoms with E-state index >= 15 is 0 Å². The molecule has 1 aliphatic carbocycles. The molecule has 3 N–H and O–H groups in total. The smallest absolute Gasteiger partial charge is 0.257 e. The SMILES string of the molecule is COc1ccc(N)c(NC(=O)c2cc(C)n(C3CCCCC3)c2C)c1. The first kappa shape index (κ1) is 17.4. The highest BCUT2D eigenvalue weighted by atomic mass is 16.5. The Kier molecular flexibility index (Phi) is 5.02. The molecule has 0 unspecified atom stereocenters. The molecule has 0 radical (unpaired) electrons. The highest BCUT2D eigenvalue weighted by Gasteiger charge is 2.23. The number of carbonyl (C=O) groups excluding carboxylic acids is 1. The Morgan fingerprint density at radius 3 is 2.60 bits per heavy atom. The summed E-state index contributed by atoms with van der Waals surface area (Å²) < 4.78 is 7.55. The molecule has 5 heteroatoms. The minimum atomic E-state index is -0.130. The second-order valence-corrected chi connectivity index (χ2v) is 6.85. The maximum absolute atomic E-state index is 12.8. The van der Waals surface area contributed by atoms with Crippen LogP contribution in [0.5, 0.6) is 5.75 Å². The zero-order valence-electron chi connectivity index (χ0n) is 15.3. The van der Waals surface area contributed by atoms with Crippen LogP contribution in [-0.4, -0.2) is 17.6 Å². The van der Waals surface area contributed by atoms with Crippen LogP contribution < -0.4 is 15.8 Å². The predicted octanol–water partition coefficient (Wildman–Crippen LogP) is 4.45. The summed E-state index contributed by atoms with van der Waals surface area (Å²) in [7, 11) is 1.59. The fraction of sp³-hybridized carbons (Fsp3) is 0.450. The number of hydrogen-bond acceptors (Lipinski definition) is 3. The number of benzene rings is 1. The molecule has 1 aliphatic rings. The second-order valence-electron chi connectivity index (χ2n) is 6.85. The maximum atomic E-state index is 12.8. The van der Waals surface area contributed by atoms with Crippen molar-refractivity contribution in [3.63, 3.8) is 0 Å². The molecule has 134 valence electrons. The largest absolute Gasteiger partial charge is 0.497 e. The Balaban J connectivity index is 1.85. The van der Waals surface area contributed by atoms with Crippen molar-refractivity contribution < 1.29 is 9.53 Å². The number of rotatable bonds is 4. The fourth-order valence-corrected chi connectivity index (χ4v) is 3.87. The molecule has 1 heterocycles. The summed E-state index contributed by atoms with van der Waals surface area (Å²) in [6, 6.07) is 7.75. The van der Waals surface area contributed by atoms with E-state index in [1.54, 1.807) is 25.3 Å². The average molecular weight is 341 g/mol. The number of methoxy groups -OCH3 is 1. The molecular formula is C20H27N3O2. The van der Waals surface area contributed by atoms with Gasteiger partial charge in [0.15, 0.2) is 0 Å². The van der Waals surface area contributed by atoms with Gasteiger partial charge < -0.3 is 20.4 Å². The lowest BCUT2D eigenvalue weighted by Gasteiger charge is -2.26. The van der Waals surface area contributed by atoms with Crippen molar-refractivity contribution in [3.8, 4) is 5.75 Å². The average Bonchev–Trinajstić information content (AvgIpc) is 2.92. The van der Waals surface area contributed by atoms with Crippen LogP contribution >= 0.6 is 0 Å². The zero-order chi connectivity index (χ0) is 18.0. The molecule has 1 amide bonds. The lowest BCUT2D eigenvalue weighted by molar-refractivity contribution is 0.102. The topological polar surface area (TPSA) is 69.3 Å². The van der Waals surface area contributed by atoms with Crippen LogP contribution in [0.1, 0.15) is 59.9 Å². The van der Waals surface area contributed by atoms with Crippen LogP contribution in [0.2, 0.25) is 0 Å². The van der Waals surface area contributed by atoms with Crippen LogP contribution in [-0.2, 0) is 0 Å². The van der Waals surface area contributed by atoms with Crippen molar-refractivity contribution in [1.82, 2.24) is 4.57 Å². The second kappa shape index (κ2) is 7.21. The van der Waals surface area contributed by atoms with Crippen LogP contribution in [0.15, 0.2) is 24.3 Å². The first-order valence-corrected chi connectivity index (χ1v) is 8.94. The lowest BCUT2D eigenvalue weighted by atomic mass is 9.95. The molecule has 3 rings (SSSR count). The van der Waals surface area contributed by atoms with Crippen molar-refractivity contribution >= 4 is 17.3 Å². The molecular weight excluding hydrogens is 314 g/mol. The van der Waals surface area contributed by atoms with Crippen LogP contribution in [0.4, 0.5) is 11.4 Å². The molecule has 5 nitrogen and oxygen atoms in total. The number of nitrogen functional groups attached to an aromatic ring is 1. The van der Waals surface area contributed by atoms with E-state index in [1.165, 1.54) is 32.1 Å². The zero-order valence-corrected chi connectivity index (χ0v) is 15.3. The fourth-order valence-electron chi connectivity index (χ4n) is 3.87. The molecule has 1 saturated carbocycles. The number of carbonyl (C=O) groups is 1. The third-order valence-electron chi connectivity index (χ3n) is 5.18. The third kappa shape index (κ3) is 3.50. The summed E-state index contributed by atoms with van der Waals surface area (Å²) in [6.07, 6.45) is 6.24. The number of nitrogens with one attached hydrogen (secondary N) is 1. The number of amides is 1. The lowest BCUT2D eigenvalue weighted by Crippen LogP contribution is -2.17. The molecule has 0 saturated heterocycles. The Morgan fingerprint density at radius 2 is 1.92 bits per heavy atom. The van der Waals surface area contributed by atoms with E-state index in [9.17, 15) is 4.79 Å². The Bertz CT molecular complexity index is 773. The Hall–Kier alpha value is -2.43. The first-order valence-electron chi connectivity index (χ1n) is 8.94. The van der Waals surface area contributed by atoms with Gasteiger partial charge in [0.05, 0.1) is 24.0 Å². The van der Waals surface area contributed by atoms with Crippen LogP contribution in [0.25, 0.3) is 0 Å². The predicted molar refractivity (Wildman–Crippen MR) is 101 cm³/mol. The van der Waals surface area contributed by atoms with Crippen LogP contribution in [0, 0.1) is 13.8 Å². The van der Waals surface area contributed by atoms with E-state index < -0.39 is 0 Å². The van der Waals surface area contributed by atoms with Gasteiger partial charge in [0.2, 0.25) is 0 Å². The number of hydrogen-bond donors (Lipinski definition) is 2. The molecule has 0 spiro atoms. The van der Waals surface area contributed by atoms with E-state index in [0.29, 0.717) is 28.7 Å². The Labute approximate surface area is 149 Å². The summed E-state index contributed by atoms with van der Waals surface area (Å²) in [4.78, 5) is 12.8. The summed E-state index contributed by atoms with van der Waals surface area (Å²) >= 11 is 0. The minimum Gasteiger partial charge on any atom is -0.497 e. The molecule has 0 aliphatic heterocycles. The maximum Gasteiger partial charge on any atom is 0.257 e. The van der Waals surface area contributed by atoms with Gasteiger partial charge >= 0.3 is 0 Å². The molecule has 1 aromatic carbocycles. The first-order chi connectivity index (χ1) is 12.0. The number of aromatic nitrogens is 1. The van der Waals surface area contributed by atoms with Gasteiger partial charge in [-0.05, 0) is 44.9 Å². The van der Waals surface area contributed by atoms with Crippen molar-refractivity contribution in [1.29, 1.82) is 0 Å². The number of anilines is 2. The molecule has 1 aromatic heterocycles. The van der Waals surface area contributed by atoms with Gasteiger partial charge in [-0.2, -0.15) is 0 Å². The van der Waals surface area contributed by atoms with Crippen LogP contribution in [0.3, 0.4) is 0 Å². The van der Waals surface area contributed by atoms with E-state index in [-0.39, 0.29) is 5.91 Å². The number of ether oxygens (including phenoxy) is 1. The summed E-state index contributed by atoms with van der Waals surface area (Å²) in [5.74, 6) is 0.535. The molecule has 2 aromatic rings. The van der Waals surface area contributed by atoms with E-state index in [2.05, 4.69) is 16.8 Å². The van der Waals surface area contributed by atoms with Gasteiger partial charge in [0.25, 0.3) is 5.91 Å². The molecule has 1 fully saturated rings. The highest BCUT2D eigenvalue weighted by Crippen LogP contribution is 2.32. The molecule has 0 atom stereocenters. The quantitative estimate of drug-likeness (QED) is 0.807. The monoisotopic (exact) mass is 341 g/mol. The van der Waals surface area contributed by atoms with E-state index in [0.717, 1.165) is 11.4 Å². The number of aryl methyl sites for hydroxylation is 1. The van der Waals surface area contributed by atoms with Gasteiger partial charge in [0.1, 0.15) is 5.75 Å². The van der Waals surface area contributed by atoms with Gasteiger partial charge in [0, 0.05) is 23.5 Å². The van der Waals surface area contributed by atoms with Crippen molar-refractivity contribution in [3.05, 3.63) is 41.2 Å². The molecule has 0 bridgehead atoms.